The monoisotopic (exact) mass is 359 g/mol. The molecule has 1 atom stereocenters. The maximum atomic E-state index is 5.92. The molecule has 0 amide bonds. The summed E-state index contributed by atoms with van der Waals surface area (Å²) in [5, 5.41) is 0. The number of aliphatic imine (C=N–C) groups is 1. The van der Waals surface area contributed by atoms with Gasteiger partial charge in [0, 0.05) is 15.5 Å². The molecule has 1 heterocycles. The van der Waals surface area contributed by atoms with Crippen LogP contribution >= 0.6 is 31.9 Å². The van der Waals surface area contributed by atoms with Crippen LogP contribution in [0.1, 0.15) is 24.9 Å². The molecule has 1 aliphatic heterocycles. The van der Waals surface area contributed by atoms with Gasteiger partial charge in [-0.3, -0.25) is 4.99 Å². The fraction of sp³-hybridized carbons (Fsp3) is 0.417. The first-order valence-corrected chi connectivity index (χ1v) is 7.23. The summed E-state index contributed by atoms with van der Waals surface area (Å²) in [6.45, 7) is 3.85. The Morgan fingerprint density at radius 3 is 2.82 bits per heavy atom. The third-order valence-corrected chi connectivity index (χ3v) is 4.77. The number of hydrogen-bond acceptors (Lipinski definition) is 3. The smallest absolute Gasteiger partial charge is 0.191 e. The van der Waals surface area contributed by atoms with Crippen molar-refractivity contribution in [3.05, 3.63) is 32.7 Å². The van der Waals surface area contributed by atoms with Crippen LogP contribution in [0.15, 0.2) is 32.1 Å². The van der Waals surface area contributed by atoms with Gasteiger partial charge in [0.15, 0.2) is 5.96 Å². The van der Waals surface area contributed by atoms with E-state index in [2.05, 4.69) is 66.9 Å². The highest BCUT2D eigenvalue weighted by Gasteiger charge is 2.26. The van der Waals surface area contributed by atoms with E-state index in [0.29, 0.717) is 5.96 Å². The molecule has 1 aliphatic rings. The van der Waals surface area contributed by atoms with Crippen molar-refractivity contribution in [2.75, 3.05) is 13.1 Å². The van der Waals surface area contributed by atoms with E-state index in [1.807, 2.05) is 0 Å². The Kier molecular flexibility index (Phi) is 4.09. The second-order valence-electron chi connectivity index (χ2n) is 4.08. The highest BCUT2D eigenvalue weighted by atomic mass is 79.9. The second kappa shape index (κ2) is 5.40. The molecule has 0 aliphatic carbocycles. The van der Waals surface area contributed by atoms with E-state index < -0.39 is 0 Å². The number of nitrogens with zero attached hydrogens (tertiary/aromatic N) is 2. The van der Waals surface area contributed by atoms with E-state index in [4.69, 9.17) is 5.73 Å². The molecular weight excluding hydrogens is 346 g/mol. The van der Waals surface area contributed by atoms with Crippen molar-refractivity contribution in [1.29, 1.82) is 0 Å². The van der Waals surface area contributed by atoms with Crippen LogP contribution in [0.25, 0.3) is 0 Å². The molecule has 2 rings (SSSR count). The summed E-state index contributed by atoms with van der Waals surface area (Å²) in [6.07, 6.45) is 1.07. The van der Waals surface area contributed by atoms with Gasteiger partial charge < -0.3 is 10.6 Å². The summed E-state index contributed by atoms with van der Waals surface area (Å²) < 4.78 is 2.13. The highest BCUT2D eigenvalue weighted by Crippen LogP contribution is 2.31. The van der Waals surface area contributed by atoms with Crippen LogP contribution in [0, 0.1) is 0 Å². The summed E-state index contributed by atoms with van der Waals surface area (Å²) >= 11 is 7.01. The van der Waals surface area contributed by atoms with Crippen LogP contribution in [0.5, 0.6) is 0 Å². The lowest BCUT2D eigenvalue weighted by molar-refractivity contribution is 0.347. The van der Waals surface area contributed by atoms with E-state index in [1.165, 1.54) is 5.56 Å². The lowest BCUT2D eigenvalue weighted by atomic mass is 10.1. The second-order valence-corrected chi connectivity index (χ2v) is 5.79. The molecule has 0 saturated heterocycles. The van der Waals surface area contributed by atoms with Gasteiger partial charge in [-0.15, -0.1) is 0 Å². The number of halogens is 2. The van der Waals surface area contributed by atoms with Crippen molar-refractivity contribution < 1.29 is 0 Å². The van der Waals surface area contributed by atoms with E-state index in [0.717, 1.165) is 28.5 Å². The van der Waals surface area contributed by atoms with Crippen LogP contribution in [-0.2, 0) is 0 Å². The first-order chi connectivity index (χ1) is 8.13. The lowest BCUT2D eigenvalue weighted by Crippen LogP contribution is -2.36. The third kappa shape index (κ3) is 2.65. The standard InChI is InChI=1S/C12H15Br2N3/c1-2-5-17-11(7-16-12(17)15)8-3-4-9(13)10(14)6-8/h3-4,6,11H,2,5,7H2,1H3,(H2,15,16). The maximum absolute atomic E-state index is 5.92. The Bertz CT molecular complexity index is 445. The van der Waals surface area contributed by atoms with Crippen LogP contribution in [0.3, 0.4) is 0 Å². The first kappa shape index (κ1) is 12.9. The van der Waals surface area contributed by atoms with Gasteiger partial charge in [-0.2, -0.15) is 0 Å². The van der Waals surface area contributed by atoms with Crippen molar-refractivity contribution >= 4 is 37.8 Å². The van der Waals surface area contributed by atoms with E-state index >= 15 is 0 Å². The minimum absolute atomic E-state index is 0.277. The number of guanidine groups is 1. The molecule has 17 heavy (non-hydrogen) atoms. The number of rotatable bonds is 3. The Hall–Kier alpha value is -0.550. The van der Waals surface area contributed by atoms with Crippen molar-refractivity contribution in [3.8, 4) is 0 Å². The van der Waals surface area contributed by atoms with Gasteiger partial charge >= 0.3 is 0 Å². The largest absolute Gasteiger partial charge is 0.370 e. The molecule has 3 nitrogen and oxygen atoms in total. The predicted molar refractivity (Wildman–Crippen MR) is 78.1 cm³/mol. The molecular formula is C12H15Br2N3. The van der Waals surface area contributed by atoms with Crippen molar-refractivity contribution in [2.45, 2.75) is 19.4 Å². The molecule has 0 fully saturated rings. The zero-order valence-electron chi connectivity index (χ0n) is 9.66. The van der Waals surface area contributed by atoms with Gasteiger partial charge in [-0.1, -0.05) is 13.0 Å². The average molecular weight is 361 g/mol. The molecule has 1 aromatic rings. The molecule has 0 aromatic heterocycles. The molecule has 1 unspecified atom stereocenters. The fourth-order valence-electron chi connectivity index (χ4n) is 2.05. The number of nitrogens with two attached hydrogens (primary N) is 1. The van der Waals surface area contributed by atoms with Gasteiger partial charge in [-0.05, 0) is 56.0 Å². The molecule has 5 heteroatoms. The van der Waals surface area contributed by atoms with Gasteiger partial charge in [0.25, 0.3) is 0 Å². The van der Waals surface area contributed by atoms with E-state index in [1.54, 1.807) is 0 Å². The minimum atomic E-state index is 0.277. The molecule has 2 N–H and O–H groups in total. The summed E-state index contributed by atoms with van der Waals surface area (Å²) in [6, 6.07) is 6.58. The molecule has 0 spiro atoms. The van der Waals surface area contributed by atoms with Crippen LogP contribution in [0.4, 0.5) is 0 Å². The van der Waals surface area contributed by atoms with Crippen LogP contribution in [-0.4, -0.2) is 23.9 Å². The summed E-state index contributed by atoms with van der Waals surface area (Å²) in [5.41, 5.74) is 7.16. The number of hydrogen-bond donors (Lipinski definition) is 1. The Balaban J connectivity index is 2.25. The third-order valence-electron chi connectivity index (χ3n) is 2.89. The van der Waals surface area contributed by atoms with Gasteiger partial charge in [0.1, 0.15) is 0 Å². The van der Waals surface area contributed by atoms with Crippen molar-refractivity contribution in [2.24, 2.45) is 10.7 Å². The minimum Gasteiger partial charge on any atom is -0.370 e. The van der Waals surface area contributed by atoms with Gasteiger partial charge in [0.2, 0.25) is 0 Å². The van der Waals surface area contributed by atoms with E-state index in [-0.39, 0.29) is 6.04 Å². The van der Waals surface area contributed by atoms with Crippen molar-refractivity contribution in [1.82, 2.24) is 4.90 Å². The molecule has 1 aromatic carbocycles. The average Bonchev–Trinajstić information content (AvgIpc) is 2.66. The summed E-state index contributed by atoms with van der Waals surface area (Å²) in [5.74, 6) is 0.663. The Morgan fingerprint density at radius 2 is 2.18 bits per heavy atom. The molecule has 0 saturated carbocycles. The molecule has 92 valence electrons. The van der Waals surface area contributed by atoms with Gasteiger partial charge in [-0.25, -0.2) is 0 Å². The topological polar surface area (TPSA) is 41.6 Å². The molecule has 0 radical (unpaired) electrons. The van der Waals surface area contributed by atoms with Crippen molar-refractivity contribution in [3.63, 3.8) is 0 Å². The zero-order chi connectivity index (χ0) is 12.4. The Morgan fingerprint density at radius 1 is 1.41 bits per heavy atom. The van der Waals surface area contributed by atoms with Crippen LogP contribution < -0.4 is 5.73 Å². The van der Waals surface area contributed by atoms with Gasteiger partial charge in [0.05, 0.1) is 12.6 Å². The van der Waals surface area contributed by atoms with Crippen LogP contribution in [0.2, 0.25) is 0 Å². The maximum Gasteiger partial charge on any atom is 0.191 e. The fourth-order valence-corrected chi connectivity index (χ4v) is 2.69. The summed E-state index contributed by atoms with van der Waals surface area (Å²) in [4.78, 5) is 6.52. The van der Waals surface area contributed by atoms with E-state index in [9.17, 15) is 0 Å². The normalized spacial score (nSPS) is 19.6. The Labute approximate surface area is 118 Å². The lowest BCUT2D eigenvalue weighted by Gasteiger charge is -2.26. The first-order valence-electron chi connectivity index (χ1n) is 5.65. The zero-order valence-corrected chi connectivity index (χ0v) is 12.8. The predicted octanol–water partition coefficient (Wildman–Crippen LogP) is 3.29. The quantitative estimate of drug-likeness (QED) is 0.898. The SMILES string of the molecule is CCCN1C(N)=NCC1c1ccc(Br)c(Br)c1. The number of benzene rings is 1. The highest BCUT2D eigenvalue weighted by molar-refractivity contribution is 9.13. The summed E-state index contributed by atoms with van der Waals surface area (Å²) in [7, 11) is 0. The molecule has 0 bridgehead atoms.